The van der Waals surface area contributed by atoms with E-state index in [2.05, 4.69) is 10.4 Å². The van der Waals surface area contributed by atoms with E-state index in [9.17, 15) is 13.2 Å². The van der Waals surface area contributed by atoms with Crippen molar-refractivity contribution in [2.75, 3.05) is 12.8 Å². The van der Waals surface area contributed by atoms with Gasteiger partial charge in [0.2, 0.25) is 0 Å². The lowest BCUT2D eigenvalue weighted by atomic mass is 10.1. The van der Waals surface area contributed by atoms with Crippen LogP contribution in [-0.2, 0) is 14.6 Å². The fourth-order valence-electron chi connectivity index (χ4n) is 3.48. The Morgan fingerprint density at radius 1 is 1.16 bits per heavy atom. The molecule has 2 atom stereocenters. The predicted octanol–water partition coefficient (Wildman–Crippen LogP) is 4.24. The molecule has 1 amide bonds. The molecular formula is C22H23N3O3S3. The Morgan fingerprint density at radius 3 is 2.48 bits per heavy atom. The molecule has 0 bridgehead atoms. The maximum atomic E-state index is 13.1. The summed E-state index contributed by atoms with van der Waals surface area (Å²) in [6.45, 7) is 2.09. The number of thiophene rings is 2. The van der Waals surface area contributed by atoms with Gasteiger partial charge >= 0.3 is 0 Å². The molecule has 4 rings (SSSR count). The topological polar surface area (TPSA) is 78.8 Å². The first kappa shape index (κ1) is 21.9. The van der Waals surface area contributed by atoms with Crippen LogP contribution in [0.2, 0.25) is 0 Å². The minimum atomic E-state index is -3.23. The zero-order chi connectivity index (χ0) is 22.0. The van der Waals surface area contributed by atoms with Crippen LogP contribution in [0.5, 0.6) is 0 Å². The van der Waals surface area contributed by atoms with E-state index in [1.807, 2.05) is 41.9 Å². The Hall–Kier alpha value is -2.33. The van der Waals surface area contributed by atoms with Gasteiger partial charge in [-0.2, -0.15) is 5.10 Å². The average molecular weight is 474 g/mol. The van der Waals surface area contributed by atoms with Crippen molar-refractivity contribution >= 4 is 44.1 Å². The Bertz CT molecular complexity index is 1170. The van der Waals surface area contributed by atoms with Crippen LogP contribution in [0, 0.1) is 0 Å². The van der Waals surface area contributed by atoms with Crippen LogP contribution in [0.4, 0.5) is 0 Å². The first-order chi connectivity index (χ1) is 14.8. The van der Waals surface area contributed by atoms with Gasteiger partial charge in [0.15, 0.2) is 9.84 Å². The molecule has 162 valence electrons. The van der Waals surface area contributed by atoms with E-state index in [1.165, 1.54) is 6.26 Å². The summed E-state index contributed by atoms with van der Waals surface area (Å²) >= 11 is 3.26. The Balaban J connectivity index is 1.45. The second-order valence-electron chi connectivity index (χ2n) is 7.44. The molecule has 1 N–H and O–H groups in total. The monoisotopic (exact) mass is 473 g/mol. The minimum Gasteiger partial charge on any atom is -0.302 e. The molecule has 1 aromatic carbocycles. The summed E-state index contributed by atoms with van der Waals surface area (Å²) < 4.78 is 23.3. The number of hydrazone groups is 1. The largest absolute Gasteiger partial charge is 0.302 e. The zero-order valence-corrected chi connectivity index (χ0v) is 19.6. The fraction of sp³-hybridized carbons (Fsp3) is 0.273. The van der Waals surface area contributed by atoms with Crippen molar-refractivity contribution in [1.82, 2.24) is 10.3 Å². The third-order valence-electron chi connectivity index (χ3n) is 5.21. The maximum absolute atomic E-state index is 13.1. The van der Waals surface area contributed by atoms with Gasteiger partial charge in [0.25, 0.3) is 5.91 Å². The summed E-state index contributed by atoms with van der Waals surface area (Å²) in [6.07, 6.45) is 1.89. The third kappa shape index (κ3) is 4.95. The summed E-state index contributed by atoms with van der Waals surface area (Å²) in [7, 11) is -3.23. The molecule has 0 unspecified atom stereocenters. The Morgan fingerprint density at radius 2 is 1.87 bits per heavy atom. The highest BCUT2D eigenvalue weighted by Gasteiger charge is 2.33. The molecule has 6 nitrogen and oxygen atoms in total. The number of nitrogens with zero attached hydrogens (tertiary/aromatic N) is 2. The summed E-state index contributed by atoms with van der Waals surface area (Å²) in [6, 6.07) is 14.6. The summed E-state index contributed by atoms with van der Waals surface area (Å²) in [4.78, 5) is 15.6. The third-order valence-corrected chi connectivity index (χ3v) is 8.23. The minimum absolute atomic E-state index is 0.0873. The molecule has 3 aromatic rings. The SMILES string of the molecule is C[C@H](NCC(=O)N1N=C(c2cccs2)C[C@@H]1c1cccs1)c1ccc(S(C)(=O)=O)cc1. The molecule has 0 fully saturated rings. The lowest BCUT2D eigenvalue weighted by Gasteiger charge is -2.22. The molecule has 31 heavy (non-hydrogen) atoms. The van der Waals surface area contributed by atoms with Gasteiger partial charge in [-0.25, -0.2) is 13.4 Å². The summed E-state index contributed by atoms with van der Waals surface area (Å²) in [5.74, 6) is -0.0930. The van der Waals surface area contributed by atoms with Crippen LogP contribution in [0.15, 0.2) is 69.3 Å². The Kier molecular flexibility index (Phi) is 6.38. The number of hydrogen-bond acceptors (Lipinski definition) is 7. The van der Waals surface area contributed by atoms with Crippen molar-refractivity contribution in [3.05, 3.63) is 74.6 Å². The van der Waals surface area contributed by atoms with Crippen molar-refractivity contribution < 1.29 is 13.2 Å². The maximum Gasteiger partial charge on any atom is 0.257 e. The quantitative estimate of drug-likeness (QED) is 0.557. The highest BCUT2D eigenvalue weighted by Crippen LogP contribution is 2.35. The zero-order valence-electron chi connectivity index (χ0n) is 17.2. The molecular weight excluding hydrogens is 450 g/mol. The number of nitrogens with one attached hydrogen (secondary N) is 1. The molecule has 2 aromatic heterocycles. The van der Waals surface area contributed by atoms with Crippen LogP contribution in [-0.4, -0.2) is 37.8 Å². The van der Waals surface area contributed by atoms with E-state index in [4.69, 9.17) is 0 Å². The van der Waals surface area contributed by atoms with Gasteiger partial charge in [-0.15, -0.1) is 22.7 Å². The molecule has 3 heterocycles. The average Bonchev–Trinajstić information content (AvgIpc) is 3.51. The van der Waals surface area contributed by atoms with E-state index in [0.717, 1.165) is 21.0 Å². The van der Waals surface area contributed by atoms with Gasteiger partial charge in [0.1, 0.15) is 0 Å². The highest BCUT2D eigenvalue weighted by atomic mass is 32.2. The number of amides is 1. The summed E-state index contributed by atoms with van der Waals surface area (Å²) in [5, 5.41) is 13.5. The van der Waals surface area contributed by atoms with Crippen molar-refractivity contribution in [1.29, 1.82) is 0 Å². The molecule has 1 aliphatic heterocycles. The summed E-state index contributed by atoms with van der Waals surface area (Å²) in [5.41, 5.74) is 1.85. The van der Waals surface area contributed by atoms with E-state index < -0.39 is 9.84 Å². The molecule has 1 aliphatic rings. The van der Waals surface area contributed by atoms with Gasteiger partial charge in [0, 0.05) is 23.6 Å². The molecule has 0 saturated carbocycles. The van der Waals surface area contributed by atoms with E-state index in [0.29, 0.717) is 6.42 Å². The van der Waals surface area contributed by atoms with Crippen LogP contribution in [0.25, 0.3) is 0 Å². The standard InChI is InChI=1S/C22H23N3O3S3/c1-15(16-7-9-17(10-8-16)31(2,27)28)23-14-22(26)25-19(21-6-4-12-30-21)13-18(24-25)20-5-3-11-29-20/h3-12,15,19,23H,13-14H2,1-2H3/t15-,19+/m0/s1. The van der Waals surface area contributed by atoms with Crippen LogP contribution >= 0.6 is 22.7 Å². The predicted molar refractivity (Wildman–Crippen MR) is 125 cm³/mol. The van der Waals surface area contributed by atoms with Crippen molar-refractivity contribution in [2.24, 2.45) is 5.10 Å². The number of carbonyl (C=O) groups excluding carboxylic acids is 1. The van der Waals surface area contributed by atoms with Crippen LogP contribution < -0.4 is 5.32 Å². The molecule has 0 aliphatic carbocycles. The van der Waals surface area contributed by atoms with Crippen molar-refractivity contribution in [3.63, 3.8) is 0 Å². The van der Waals surface area contributed by atoms with E-state index in [1.54, 1.807) is 51.9 Å². The van der Waals surface area contributed by atoms with E-state index >= 15 is 0 Å². The van der Waals surface area contributed by atoms with Gasteiger partial charge in [-0.05, 0) is 47.5 Å². The van der Waals surface area contributed by atoms with E-state index in [-0.39, 0.29) is 29.4 Å². The molecule has 0 radical (unpaired) electrons. The first-order valence-corrected chi connectivity index (χ1v) is 13.5. The Labute approximate surface area is 190 Å². The fourth-order valence-corrected chi connectivity index (χ4v) is 5.64. The second kappa shape index (κ2) is 9.04. The van der Waals surface area contributed by atoms with Crippen LogP contribution in [0.1, 0.15) is 40.7 Å². The number of hydrogen-bond donors (Lipinski definition) is 1. The highest BCUT2D eigenvalue weighted by molar-refractivity contribution is 7.90. The normalized spacial score (nSPS) is 17.5. The number of carbonyl (C=O) groups is 1. The first-order valence-electron chi connectivity index (χ1n) is 9.83. The lowest BCUT2D eigenvalue weighted by molar-refractivity contribution is -0.132. The van der Waals surface area contributed by atoms with Gasteiger partial charge < -0.3 is 5.32 Å². The van der Waals surface area contributed by atoms with Gasteiger partial charge in [-0.3, -0.25) is 4.79 Å². The van der Waals surface area contributed by atoms with Crippen molar-refractivity contribution in [2.45, 2.75) is 30.3 Å². The molecule has 0 spiro atoms. The van der Waals surface area contributed by atoms with Crippen LogP contribution in [0.3, 0.4) is 0 Å². The molecule has 0 saturated heterocycles. The number of rotatable bonds is 7. The second-order valence-corrected chi connectivity index (χ2v) is 11.4. The molecule has 9 heteroatoms. The number of benzene rings is 1. The van der Waals surface area contributed by atoms with Gasteiger partial charge in [0.05, 0.1) is 28.1 Å². The smallest absolute Gasteiger partial charge is 0.257 e. The van der Waals surface area contributed by atoms with Gasteiger partial charge in [-0.1, -0.05) is 24.3 Å². The lowest BCUT2D eigenvalue weighted by Crippen LogP contribution is -2.36. The van der Waals surface area contributed by atoms with Crippen molar-refractivity contribution in [3.8, 4) is 0 Å². The number of sulfone groups is 1.